The van der Waals surface area contributed by atoms with E-state index in [2.05, 4.69) is 10.6 Å². The van der Waals surface area contributed by atoms with Gasteiger partial charge in [0.2, 0.25) is 0 Å². The van der Waals surface area contributed by atoms with E-state index in [9.17, 15) is 14.7 Å². The van der Waals surface area contributed by atoms with E-state index in [0.29, 0.717) is 30.6 Å². The molecule has 7 nitrogen and oxygen atoms in total. The number of hydrogen-bond acceptors (Lipinski definition) is 5. The Hall–Kier alpha value is -3.68. The highest BCUT2D eigenvalue weighted by molar-refractivity contribution is 5.99. The predicted octanol–water partition coefficient (Wildman–Crippen LogP) is 5.18. The topological polar surface area (TPSA) is 90.9 Å². The third-order valence-electron chi connectivity index (χ3n) is 7.27. The molecule has 220 valence electrons. The number of amides is 2. The monoisotopic (exact) mass is 559 g/mol. The summed E-state index contributed by atoms with van der Waals surface area (Å²) in [6, 6.07) is 23.9. The molecule has 0 bridgehead atoms. The fourth-order valence-electron chi connectivity index (χ4n) is 4.85. The van der Waals surface area contributed by atoms with Crippen LogP contribution in [0.3, 0.4) is 0 Å². The van der Waals surface area contributed by atoms with Gasteiger partial charge in [-0.1, -0.05) is 62.4 Å². The quantitative estimate of drug-likeness (QED) is 0.239. The zero-order valence-corrected chi connectivity index (χ0v) is 25.0. The Bertz CT molecular complexity index is 1260. The minimum atomic E-state index is -0.876. The number of rotatable bonds is 15. The second kappa shape index (κ2) is 15.4. The molecule has 3 rings (SSSR count). The SMILES string of the molecule is CCCN(CCC)C(=O)c1cccc(C(=O)N[C@@H](Cc2ccccc2)[C@H](O)CNC(C)(C)c2cccc(OC)c2)c1. The van der Waals surface area contributed by atoms with Gasteiger partial charge in [0.25, 0.3) is 11.8 Å². The molecule has 0 saturated heterocycles. The zero-order chi connectivity index (χ0) is 29.8. The maximum atomic E-state index is 13.5. The molecular formula is C34H45N3O4. The summed E-state index contributed by atoms with van der Waals surface area (Å²) in [5.74, 6) is 0.359. The van der Waals surface area contributed by atoms with Crippen LogP contribution in [0.25, 0.3) is 0 Å². The lowest BCUT2D eigenvalue weighted by Gasteiger charge is -2.31. The minimum Gasteiger partial charge on any atom is -0.497 e. The van der Waals surface area contributed by atoms with Gasteiger partial charge in [0.15, 0.2) is 0 Å². The summed E-state index contributed by atoms with van der Waals surface area (Å²) < 4.78 is 5.38. The van der Waals surface area contributed by atoms with Crippen LogP contribution >= 0.6 is 0 Å². The molecule has 0 spiro atoms. The average Bonchev–Trinajstić information content (AvgIpc) is 2.99. The van der Waals surface area contributed by atoms with E-state index < -0.39 is 17.7 Å². The van der Waals surface area contributed by atoms with Crippen molar-refractivity contribution in [1.82, 2.24) is 15.5 Å². The van der Waals surface area contributed by atoms with Gasteiger partial charge in [-0.25, -0.2) is 0 Å². The van der Waals surface area contributed by atoms with Crippen LogP contribution in [0.5, 0.6) is 5.75 Å². The van der Waals surface area contributed by atoms with Gasteiger partial charge in [-0.05, 0) is 74.6 Å². The molecule has 0 aromatic heterocycles. The van der Waals surface area contributed by atoms with Crippen LogP contribution < -0.4 is 15.4 Å². The van der Waals surface area contributed by atoms with Gasteiger partial charge in [-0.3, -0.25) is 9.59 Å². The highest BCUT2D eigenvalue weighted by atomic mass is 16.5. The van der Waals surface area contributed by atoms with Crippen LogP contribution in [0.15, 0.2) is 78.9 Å². The molecule has 0 fully saturated rings. The molecule has 41 heavy (non-hydrogen) atoms. The van der Waals surface area contributed by atoms with Crippen molar-refractivity contribution in [3.8, 4) is 5.75 Å². The van der Waals surface area contributed by atoms with E-state index in [1.807, 2.05) is 87.2 Å². The molecule has 3 aromatic rings. The Kier molecular flexibility index (Phi) is 11.9. The van der Waals surface area contributed by atoms with Crippen LogP contribution in [0, 0.1) is 0 Å². The van der Waals surface area contributed by atoms with Crippen LogP contribution in [0.4, 0.5) is 0 Å². The minimum absolute atomic E-state index is 0.0757. The fourth-order valence-corrected chi connectivity index (χ4v) is 4.85. The lowest BCUT2D eigenvalue weighted by atomic mass is 9.93. The molecule has 0 aliphatic carbocycles. The van der Waals surface area contributed by atoms with E-state index >= 15 is 0 Å². The molecule has 2 atom stereocenters. The number of carbonyl (C=O) groups excluding carboxylic acids is 2. The van der Waals surface area contributed by atoms with E-state index in [1.165, 1.54) is 0 Å². The third kappa shape index (κ3) is 9.17. The predicted molar refractivity (Wildman–Crippen MR) is 164 cm³/mol. The number of aliphatic hydroxyl groups excluding tert-OH is 1. The van der Waals surface area contributed by atoms with Gasteiger partial charge < -0.3 is 25.4 Å². The van der Waals surface area contributed by atoms with E-state index in [0.717, 1.165) is 29.7 Å². The van der Waals surface area contributed by atoms with Crippen LogP contribution in [-0.4, -0.2) is 60.7 Å². The Morgan fingerprint density at radius 1 is 0.902 bits per heavy atom. The number of carbonyl (C=O) groups is 2. The summed E-state index contributed by atoms with van der Waals surface area (Å²) in [5, 5.41) is 17.9. The van der Waals surface area contributed by atoms with Gasteiger partial charge in [0, 0.05) is 36.3 Å². The average molecular weight is 560 g/mol. The first-order chi connectivity index (χ1) is 19.7. The second-order valence-corrected chi connectivity index (χ2v) is 10.9. The molecule has 7 heteroatoms. The fraction of sp³-hybridized carbons (Fsp3) is 0.412. The van der Waals surface area contributed by atoms with Gasteiger partial charge in [-0.2, -0.15) is 0 Å². The number of aliphatic hydroxyl groups is 1. The third-order valence-corrected chi connectivity index (χ3v) is 7.27. The van der Waals surface area contributed by atoms with Crippen molar-refractivity contribution in [1.29, 1.82) is 0 Å². The Morgan fingerprint density at radius 2 is 1.56 bits per heavy atom. The van der Waals surface area contributed by atoms with Crippen LogP contribution in [0.1, 0.15) is 72.4 Å². The first-order valence-electron chi connectivity index (χ1n) is 14.5. The number of benzene rings is 3. The van der Waals surface area contributed by atoms with Crippen molar-refractivity contribution in [2.75, 3.05) is 26.7 Å². The first-order valence-corrected chi connectivity index (χ1v) is 14.5. The number of ether oxygens (including phenoxy) is 1. The van der Waals surface area contributed by atoms with E-state index in [4.69, 9.17) is 4.74 Å². The highest BCUT2D eigenvalue weighted by Crippen LogP contribution is 2.24. The second-order valence-electron chi connectivity index (χ2n) is 10.9. The standard InChI is InChI=1S/C34H45N3O4/c1-6-19-37(20-7-2)33(40)27-16-11-15-26(22-27)32(39)36-30(21-25-13-9-8-10-14-25)31(38)24-35-34(3,4)28-17-12-18-29(23-28)41-5/h8-18,22-23,30-31,35,38H,6-7,19-21,24H2,1-5H3,(H,36,39)/t30-,31+/m0/s1. The Labute approximate surface area is 244 Å². The normalized spacial score (nSPS) is 12.8. The van der Waals surface area contributed by atoms with Gasteiger partial charge in [0.05, 0.1) is 19.3 Å². The highest BCUT2D eigenvalue weighted by Gasteiger charge is 2.27. The van der Waals surface area contributed by atoms with Crippen molar-refractivity contribution in [3.63, 3.8) is 0 Å². The summed E-state index contributed by atoms with van der Waals surface area (Å²) in [4.78, 5) is 28.4. The largest absolute Gasteiger partial charge is 0.497 e. The van der Waals surface area contributed by atoms with Crippen molar-refractivity contribution >= 4 is 11.8 Å². The maximum absolute atomic E-state index is 13.5. The summed E-state index contributed by atoms with van der Waals surface area (Å²) in [7, 11) is 1.64. The smallest absolute Gasteiger partial charge is 0.253 e. The van der Waals surface area contributed by atoms with E-state index in [-0.39, 0.29) is 18.4 Å². The molecular weight excluding hydrogens is 514 g/mol. The first kappa shape index (κ1) is 31.8. The lowest BCUT2D eigenvalue weighted by molar-refractivity contribution is 0.0755. The molecule has 0 aliphatic heterocycles. The zero-order valence-electron chi connectivity index (χ0n) is 25.0. The molecule has 2 amide bonds. The summed E-state index contributed by atoms with van der Waals surface area (Å²) in [6.07, 6.45) is 1.31. The van der Waals surface area contributed by atoms with Gasteiger partial charge in [-0.15, -0.1) is 0 Å². The summed E-state index contributed by atoms with van der Waals surface area (Å²) in [6.45, 7) is 9.78. The number of methoxy groups -OCH3 is 1. The molecule has 3 aromatic carbocycles. The molecule has 0 aliphatic rings. The molecule has 0 heterocycles. The number of nitrogens with one attached hydrogen (secondary N) is 2. The van der Waals surface area contributed by atoms with Crippen LogP contribution in [0.2, 0.25) is 0 Å². The lowest BCUT2D eigenvalue weighted by Crippen LogP contribution is -2.51. The number of nitrogens with zero attached hydrogens (tertiary/aromatic N) is 1. The van der Waals surface area contributed by atoms with Crippen molar-refractivity contribution in [2.45, 2.75) is 64.6 Å². The Morgan fingerprint density at radius 3 is 2.22 bits per heavy atom. The van der Waals surface area contributed by atoms with Gasteiger partial charge in [0.1, 0.15) is 5.75 Å². The molecule has 0 unspecified atom stereocenters. The summed E-state index contributed by atoms with van der Waals surface area (Å²) >= 11 is 0. The van der Waals surface area contributed by atoms with Crippen molar-refractivity contribution < 1.29 is 19.4 Å². The molecule has 0 radical (unpaired) electrons. The molecule has 0 saturated carbocycles. The number of hydrogen-bond donors (Lipinski definition) is 3. The Balaban J connectivity index is 1.77. The molecule has 3 N–H and O–H groups in total. The van der Waals surface area contributed by atoms with Crippen LogP contribution in [-0.2, 0) is 12.0 Å². The van der Waals surface area contributed by atoms with Crippen molar-refractivity contribution in [3.05, 3.63) is 101 Å². The van der Waals surface area contributed by atoms with E-state index in [1.54, 1.807) is 31.4 Å². The maximum Gasteiger partial charge on any atom is 0.253 e. The summed E-state index contributed by atoms with van der Waals surface area (Å²) in [5.41, 5.74) is 2.45. The van der Waals surface area contributed by atoms with Crippen molar-refractivity contribution in [2.24, 2.45) is 0 Å². The van der Waals surface area contributed by atoms with Gasteiger partial charge >= 0.3 is 0 Å².